The second kappa shape index (κ2) is 8.89. The topological polar surface area (TPSA) is 59.6 Å². The number of carbonyl (C=O) groups is 1. The van der Waals surface area contributed by atoms with E-state index in [-0.39, 0.29) is 11.3 Å². The third-order valence-corrected chi connectivity index (χ3v) is 4.55. The number of nitrogens with one attached hydrogen (secondary N) is 2. The molecule has 0 spiro atoms. The van der Waals surface area contributed by atoms with Crippen molar-refractivity contribution in [2.24, 2.45) is 5.41 Å². The van der Waals surface area contributed by atoms with Crippen molar-refractivity contribution in [3.63, 3.8) is 0 Å². The summed E-state index contributed by atoms with van der Waals surface area (Å²) in [4.78, 5) is 12.2. The highest BCUT2D eigenvalue weighted by Gasteiger charge is 2.32. The number of rotatable bonds is 8. The monoisotopic (exact) mass is 320 g/mol. The Balaban J connectivity index is 1.79. The van der Waals surface area contributed by atoms with E-state index in [0.717, 1.165) is 43.7 Å². The first-order chi connectivity index (χ1) is 11.2. The molecule has 128 valence electrons. The fourth-order valence-corrected chi connectivity index (χ4v) is 3.10. The molecule has 1 fully saturated rings. The zero-order valence-corrected chi connectivity index (χ0v) is 14.2. The predicted octanol–water partition coefficient (Wildman–Crippen LogP) is 1.76. The highest BCUT2D eigenvalue weighted by molar-refractivity contribution is 5.76. The van der Waals surface area contributed by atoms with Gasteiger partial charge >= 0.3 is 0 Å². The van der Waals surface area contributed by atoms with E-state index in [1.807, 2.05) is 24.3 Å². The molecular weight excluding hydrogens is 292 g/mol. The molecule has 1 aromatic rings. The normalized spacial score (nSPS) is 16.8. The molecule has 2 rings (SSSR count). The van der Waals surface area contributed by atoms with Crippen molar-refractivity contribution in [2.75, 3.05) is 40.5 Å². The van der Waals surface area contributed by atoms with Crippen molar-refractivity contribution < 1.29 is 14.3 Å². The number of hydrogen-bond acceptors (Lipinski definition) is 4. The maximum absolute atomic E-state index is 12.2. The van der Waals surface area contributed by atoms with Crippen LogP contribution in [0.4, 0.5) is 0 Å². The Hall–Kier alpha value is -1.59. The van der Waals surface area contributed by atoms with Crippen LogP contribution < -0.4 is 15.4 Å². The SMILES string of the molecule is COCC1(CNC(=O)CCc2cccc(OC)c2)CCNCC1. The summed E-state index contributed by atoms with van der Waals surface area (Å²) >= 11 is 0. The van der Waals surface area contributed by atoms with E-state index in [9.17, 15) is 4.79 Å². The summed E-state index contributed by atoms with van der Waals surface area (Å²) in [5.41, 5.74) is 1.19. The molecule has 0 unspecified atom stereocenters. The standard InChI is InChI=1S/C18H28N2O3/c1-22-14-18(8-10-19-11-9-18)13-20-17(21)7-6-15-4-3-5-16(12-15)23-2/h3-5,12,19H,6-11,13-14H2,1-2H3,(H,20,21). The number of methoxy groups -OCH3 is 2. The Kier molecular flexibility index (Phi) is 6.86. The second-order valence-electron chi connectivity index (χ2n) is 6.31. The zero-order chi connectivity index (χ0) is 16.5. The summed E-state index contributed by atoms with van der Waals surface area (Å²) in [6.07, 6.45) is 3.30. The number of carbonyl (C=O) groups excluding carboxylic acids is 1. The van der Waals surface area contributed by atoms with Crippen LogP contribution in [0, 0.1) is 5.41 Å². The van der Waals surface area contributed by atoms with Gasteiger partial charge in [0.2, 0.25) is 5.91 Å². The number of aryl methyl sites for hydroxylation is 1. The van der Waals surface area contributed by atoms with E-state index in [2.05, 4.69) is 10.6 Å². The van der Waals surface area contributed by atoms with Crippen molar-refractivity contribution in [3.05, 3.63) is 29.8 Å². The summed E-state index contributed by atoms with van der Waals surface area (Å²) < 4.78 is 10.6. The molecule has 1 aliphatic rings. The molecule has 0 aliphatic carbocycles. The lowest BCUT2D eigenvalue weighted by Gasteiger charge is -2.37. The molecule has 1 aliphatic heterocycles. The van der Waals surface area contributed by atoms with Crippen LogP contribution in [0.5, 0.6) is 5.75 Å². The van der Waals surface area contributed by atoms with Crippen molar-refractivity contribution in [1.29, 1.82) is 0 Å². The molecule has 1 saturated heterocycles. The van der Waals surface area contributed by atoms with Crippen LogP contribution >= 0.6 is 0 Å². The lowest BCUT2D eigenvalue weighted by atomic mass is 9.79. The van der Waals surface area contributed by atoms with E-state index in [0.29, 0.717) is 19.6 Å². The van der Waals surface area contributed by atoms with Crippen LogP contribution in [0.3, 0.4) is 0 Å². The van der Waals surface area contributed by atoms with E-state index < -0.39 is 0 Å². The Morgan fingerprint density at radius 2 is 2.09 bits per heavy atom. The smallest absolute Gasteiger partial charge is 0.220 e. The van der Waals surface area contributed by atoms with Gasteiger partial charge in [0.1, 0.15) is 5.75 Å². The highest BCUT2D eigenvalue weighted by atomic mass is 16.5. The van der Waals surface area contributed by atoms with E-state index >= 15 is 0 Å². The first kappa shape index (κ1) is 17.8. The van der Waals surface area contributed by atoms with E-state index in [1.165, 1.54) is 0 Å². The van der Waals surface area contributed by atoms with E-state index in [4.69, 9.17) is 9.47 Å². The van der Waals surface area contributed by atoms with Crippen LogP contribution in [0.2, 0.25) is 0 Å². The average Bonchev–Trinajstić information content (AvgIpc) is 2.59. The lowest BCUT2D eigenvalue weighted by Crippen LogP contribution is -2.47. The maximum Gasteiger partial charge on any atom is 0.220 e. The third kappa shape index (κ3) is 5.52. The van der Waals surface area contributed by atoms with Crippen molar-refractivity contribution in [1.82, 2.24) is 10.6 Å². The summed E-state index contributed by atoms with van der Waals surface area (Å²) in [5, 5.41) is 6.46. The van der Waals surface area contributed by atoms with Gasteiger partial charge in [0.15, 0.2) is 0 Å². The Bertz CT molecular complexity index is 493. The summed E-state index contributed by atoms with van der Waals surface area (Å²) in [7, 11) is 3.38. The fraction of sp³-hybridized carbons (Fsp3) is 0.611. The van der Waals surface area contributed by atoms with Crippen molar-refractivity contribution in [2.45, 2.75) is 25.7 Å². The minimum atomic E-state index is 0.0750. The first-order valence-corrected chi connectivity index (χ1v) is 8.27. The van der Waals surface area contributed by atoms with Gasteiger partial charge in [-0.15, -0.1) is 0 Å². The van der Waals surface area contributed by atoms with Gasteiger partial charge in [-0.2, -0.15) is 0 Å². The largest absolute Gasteiger partial charge is 0.497 e. The molecule has 2 N–H and O–H groups in total. The minimum absolute atomic E-state index is 0.0750. The van der Waals surface area contributed by atoms with Crippen LogP contribution in [-0.4, -0.2) is 46.4 Å². The molecule has 0 atom stereocenters. The fourth-order valence-electron chi connectivity index (χ4n) is 3.10. The van der Waals surface area contributed by atoms with Gasteiger partial charge in [0.25, 0.3) is 0 Å². The molecule has 0 bridgehead atoms. The van der Waals surface area contributed by atoms with Gasteiger partial charge in [-0.25, -0.2) is 0 Å². The van der Waals surface area contributed by atoms with Gasteiger partial charge in [-0.05, 0) is 50.0 Å². The Morgan fingerprint density at radius 3 is 2.78 bits per heavy atom. The number of piperidine rings is 1. The van der Waals surface area contributed by atoms with Crippen LogP contribution in [0.25, 0.3) is 0 Å². The average molecular weight is 320 g/mol. The zero-order valence-electron chi connectivity index (χ0n) is 14.2. The summed E-state index contributed by atoms with van der Waals surface area (Å²) in [6.45, 7) is 3.37. The van der Waals surface area contributed by atoms with Crippen molar-refractivity contribution >= 4 is 5.91 Å². The lowest BCUT2D eigenvalue weighted by molar-refractivity contribution is -0.122. The maximum atomic E-state index is 12.2. The molecule has 5 nitrogen and oxygen atoms in total. The number of benzene rings is 1. The van der Waals surface area contributed by atoms with Crippen LogP contribution in [0.15, 0.2) is 24.3 Å². The minimum Gasteiger partial charge on any atom is -0.497 e. The quantitative estimate of drug-likeness (QED) is 0.766. The third-order valence-electron chi connectivity index (χ3n) is 4.55. The van der Waals surface area contributed by atoms with Gasteiger partial charge in [0, 0.05) is 25.5 Å². The molecule has 1 amide bonds. The summed E-state index contributed by atoms with van der Waals surface area (Å²) in [5.74, 6) is 0.929. The predicted molar refractivity (Wildman–Crippen MR) is 90.7 cm³/mol. The molecule has 0 saturated carbocycles. The first-order valence-electron chi connectivity index (χ1n) is 8.27. The number of ether oxygens (including phenoxy) is 2. The Labute approximate surface area is 138 Å². The molecule has 0 aromatic heterocycles. The van der Waals surface area contributed by atoms with Crippen LogP contribution in [0.1, 0.15) is 24.8 Å². The van der Waals surface area contributed by atoms with Gasteiger partial charge in [-0.1, -0.05) is 12.1 Å². The number of amides is 1. The Morgan fingerprint density at radius 1 is 1.30 bits per heavy atom. The van der Waals surface area contributed by atoms with E-state index in [1.54, 1.807) is 14.2 Å². The molecule has 5 heteroatoms. The molecule has 1 heterocycles. The molecule has 1 aromatic carbocycles. The molecule has 23 heavy (non-hydrogen) atoms. The van der Waals surface area contributed by atoms with Crippen molar-refractivity contribution in [3.8, 4) is 5.75 Å². The van der Waals surface area contributed by atoms with Gasteiger partial charge in [0.05, 0.1) is 13.7 Å². The molecular formula is C18H28N2O3. The summed E-state index contributed by atoms with van der Waals surface area (Å²) in [6, 6.07) is 7.87. The highest BCUT2D eigenvalue weighted by Crippen LogP contribution is 2.28. The van der Waals surface area contributed by atoms with Gasteiger partial charge in [-0.3, -0.25) is 4.79 Å². The second-order valence-corrected chi connectivity index (χ2v) is 6.31. The molecule has 0 radical (unpaired) electrons. The van der Waals surface area contributed by atoms with Gasteiger partial charge < -0.3 is 20.1 Å². The number of hydrogen-bond donors (Lipinski definition) is 2. The van der Waals surface area contributed by atoms with Crippen LogP contribution in [-0.2, 0) is 16.0 Å².